The van der Waals surface area contributed by atoms with E-state index >= 15 is 0 Å². The van der Waals surface area contributed by atoms with Crippen LogP contribution in [0, 0.1) is 9.68 Å². The predicted molar refractivity (Wildman–Crippen MR) is 87.1 cm³/mol. The fourth-order valence-electron chi connectivity index (χ4n) is 3.40. The third-order valence-corrected chi connectivity index (χ3v) is 5.11. The number of fused-ring (bicyclic) bond motifs is 4. The van der Waals surface area contributed by atoms with E-state index in [0.29, 0.717) is 17.2 Å². The number of hydrogen-bond donors (Lipinski definition) is 1. The second-order valence-corrected chi connectivity index (χ2v) is 6.94. The number of nitrogens with zero attached hydrogens (tertiary/aromatic N) is 2. The Morgan fingerprint density at radius 3 is 2.90 bits per heavy atom. The molecule has 6 heteroatoms. The minimum absolute atomic E-state index is 0.0953. The molecule has 2 aromatic rings. The minimum Gasteiger partial charge on any atom is -0.450 e. The number of furan rings is 1. The number of carbonyl (C=O) groups is 1. The highest BCUT2D eigenvalue weighted by Crippen LogP contribution is 2.27. The molecular formula is C15H16IN3O2. The number of hydrogen-bond acceptors (Lipinski definition) is 4. The maximum absolute atomic E-state index is 12.4. The summed E-state index contributed by atoms with van der Waals surface area (Å²) in [7, 11) is 0. The maximum Gasteiger partial charge on any atom is 0.270 e. The molecule has 3 aliphatic heterocycles. The molecular weight excluding hydrogens is 381 g/mol. The Labute approximate surface area is 136 Å². The van der Waals surface area contributed by atoms with E-state index in [9.17, 15) is 4.79 Å². The molecule has 2 bridgehead atoms. The van der Waals surface area contributed by atoms with Crippen LogP contribution in [0.25, 0.3) is 11.0 Å². The summed E-state index contributed by atoms with van der Waals surface area (Å²) < 4.78 is 6.36. The molecule has 1 amide bonds. The summed E-state index contributed by atoms with van der Waals surface area (Å²) in [6.07, 6.45) is 4.08. The zero-order valence-electron chi connectivity index (χ0n) is 11.5. The van der Waals surface area contributed by atoms with Crippen LogP contribution in [0.15, 0.2) is 22.7 Å². The number of nitrogens with one attached hydrogen (secondary N) is 1. The second-order valence-electron chi connectivity index (χ2n) is 5.88. The van der Waals surface area contributed by atoms with Gasteiger partial charge in [-0.25, -0.2) is 0 Å². The van der Waals surface area contributed by atoms with Gasteiger partial charge in [-0.2, -0.15) is 0 Å². The molecule has 0 saturated carbocycles. The predicted octanol–water partition coefficient (Wildman–Crippen LogP) is 2.26. The standard InChI is InChI=1S/C15H16IN3O2/c16-14-5-10-7-17-11(6-13(10)21-14)15(20)18-12-8-19-3-1-9(12)2-4-19/h5-7,9,12H,1-4,8H2,(H,18,20)/t12-/m0/s1. The van der Waals surface area contributed by atoms with Gasteiger partial charge in [0.25, 0.3) is 5.91 Å². The monoisotopic (exact) mass is 397 g/mol. The molecule has 5 rings (SSSR count). The maximum atomic E-state index is 12.4. The lowest BCUT2D eigenvalue weighted by Gasteiger charge is -2.44. The highest BCUT2D eigenvalue weighted by molar-refractivity contribution is 14.1. The van der Waals surface area contributed by atoms with E-state index in [1.54, 1.807) is 12.3 Å². The molecule has 0 unspecified atom stereocenters. The normalized spacial score (nSPS) is 28.0. The first-order valence-corrected chi connectivity index (χ1v) is 8.35. The molecule has 0 spiro atoms. The summed E-state index contributed by atoms with van der Waals surface area (Å²) >= 11 is 2.12. The molecule has 0 aromatic carbocycles. The van der Waals surface area contributed by atoms with Gasteiger partial charge in [0.1, 0.15) is 11.3 Å². The Morgan fingerprint density at radius 2 is 2.19 bits per heavy atom. The van der Waals surface area contributed by atoms with E-state index in [0.717, 1.165) is 15.7 Å². The molecule has 3 saturated heterocycles. The van der Waals surface area contributed by atoms with Gasteiger partial charge in [-0.15, -0.1) is 0 Å². The van der Waals surface area contributed by atoms with Crippen molar-refractivity contribution < 1.29 is 9.21 Å². The van der Waals surface area contributed by atoms with Crippen molar-refractivity contribution in [2.45, 2.75) is 18.9 Å². The second kappa shape index (κ2) is 5.24. The summed E-state index contributed by atoms with van der Waals surface area (Å²) in [4.78, 5) is 19.1. The van der Waals surface area contributed by atoms with E-state index in [2.05, 4.69) is 37.8 Å². The first kappa shape index (κ1) is 13.5. The zero-order chi connectivity index (χ0) is 14.4. The van der Waals surface area contributed by atoms with Gasteiger partial charge in [0.05, 0.1) is 0 Å². The lowest BCUT2D eigenvalue weighted by atomic mass is 9.84. The van der Waals surface area contributed by atoms with Gasteiger partial charge >= 0.3 is 0 Å². The summed E-state index contributed by atoms with van der Waals surface area (Å²) in [6.45, 7) is 3.31. The molecule has 0 aliphatic carbocycles. The fraction of sp³-hybridized carbons (Fsp3) is 0.467. The van der Waals surface area contributed by atoms with Gasteiger partial charge in [0.15, 0.2) is 3.77 Å². The van der Waals surface area contributed by atoms with Crippen molar-refractivity contribution in [1.29, 1.82) is 0 Å². The average molecular weight is 397 g/mol. The van der Waals surface area contributed by atoms with Gasteiger partial charge in [-0.1, -0.05) is 0 Å². The fourth-order valence-corrected chi connectivity index (χ4v) is 3.97. The van der Waals surface area contributed by atoms with Crippen LogP contribution in [0.2, 0.25) is 0 Å². The highest BCUT2D eigenvalue weighted by Gasteiger charge is 2.35. The van der Waals surface area contributed by atoms with Crippen molar-refractivity contribution in [2.75, 3.05) is 19.6 Å². The van der Waals surface area contributed by atoms with E-state index in [4.69, 9.17) is 4.42 Å². The average Bonchev–Trinajstić information content (AvgIpc) is 2.87. The first-order valence-electron chi connectivity index (χ1n) is 7.27. The van der Waals surface area contributed by atoms with Gasteiger partial charge in [-0.3, -0.25) is 9.78 Å². The van der Waals surface area contributed by atoms with Crippen LogP contribution in [-0.2, 0) is 0 Å². The van der Waals surface area contributed by atoms with E-state index < -0.39 is 0 Å². The van der Waals surface area contributed by atoms with E-state index in [1.807, 2.05) is 6.07 Å². The van der Waals surface area contributed by atoms with Gasteiger partial charge in [0.2, 0.25) is 0 Å². The number of aromatic nitrogens is 1. The van der Waals surface area contributed by atoms with Crippen LogP contribution in [0.1, 0.15) is 23.3 Å². The lowest BCUT2D eigenvalue weighted by Crippen LogP contribution is -2.57. The number of amides is 1. The molecule has 110 valence electrons. The number of piperidine rings is 3. The van der Waals surface area contributed by atoms with Crippen molar-refractivity contribution in [3.8, 4) is 0 Å². The number of pyridine rings is 1. The topological polar surface area (TPSA) is 58.4 Å². The van der Waals surface area contributed by atoms with Gasteiger partial charge < -0.3 is 14.6 Å². The van der Waals surface area contributed by atoms with Crippen molar-refractivity contribution in [1.82, 2.24) is 15.2 Å². The third-order valence-electron chi connectivity index (χ3n) is 4.58. The Balaban J connectivity index is 1.53. The Morgan fingerprint density at radius 1 is 1.38 bits per heavy atom. The van der Waals surface area contributed by atoms with Crippen LogP contribution < -0.4 is 5.32 Å². The summed E-state index contributed by atoms with van der Waals surface area (Å²) in [5.74, 6) is 0.523. The summed E-state index contributed by atoms with van der Waals surface area (Å²) in [6, 6.07) is 3.90. The van der Waals surface area contributed by atoms with Crippen molar-refractivity contribution in [2.24, 2.45) is 5.92 Å². The molecule has 21 heavy (non-hydrogen) atoms. The van der Waals surface area contributed by atoms with Crippen LogP contribution in [0.3, 0.4) is 0 Å². The van der Waals surface area contributed by atoms with Crippen LogP contribution in [0.4, 0.5) is 0 Å². The summed E-state index contributed by atoms with van der Waals surface area (Å²) in [5.41, 5.74) is 1.15. The summed E-state index contributed by atoms with van der Waals surface area (Å²) in [5, 5.41) is 4.08. The molecule has 3 aliphatic rings. The molecule has 1 atom stereocenters. The van der Waals surface area contributed by atoms with Crippen LogP contribution in [-0.4, -0.2) is 41.5 Å². The molecule has 1 N–H and O–H groups in total. The Bertz CT molecular complexity index is 691. The Kier molecular flexibility index (Phi) is 3.37. The molecule has 5 nitrogen and oxygen atoms in total. The molecule has 0 radical (unpaired) electrons. The highest BCUT2D eigenvalue weighted by atomic mass is 127. The smallest absolute Gasteiger partial charge is 0.270 e. The van der Waals surface area contributed by atoms with Crippen LogP contribution >= 0.6 is 22.6 Å². The number of rotatable bonds is 2. The van der Waals surface area contributed by atoms with Crippen molar-refractivity contribution in [3.05, 3.63) is 27.8 Å². The van der Waals surface area contributed by atoms with E-state index in [1.165, 1.54) is 25.9 Å². The largest absolute Gasteiger partial charge is 0.450 e. The molecule has 2 aromatic heterocycles. The number of halogens is 1. The van der Waals surface area contributed by atoms with Crippen molar-refractivity contribution in [3.63, 3.8) is 0 Å². The quantitative estimate of drug-likeness (QED) is 0.791. The van der Waals surface area contributed by atoms with Crippen molar-refractivity contribution >= 4 is 39.5 Å². The van der Waals surface area contributed by atoms with E-state index in [-0.39, 0.29) is 11.9 Å². The Hall–Kier alpha value is -1.15. The van der Waals surface area contributed by atoms with Gasteiger partial charge in [-0.05, 0) is 60.5 Å². The zero-order valence-corrected chi connectivity index (χ0v) is 13.7. The number of carbonyl (C=O) groups excluding carboxylic acids is 1. The minimum atomic E-state index is -0.0953. The lowest BCUT2D eigenvalue weighted by molar-refractivity contribution is 0.0618. The van der Waals surface area contributed by atoms with Crippen LogP contribution in [0.5, 0.6) is 0 Å². The third kappa shape index (κ3) is 2.55. The SMILES string of the molecule is O=C(N[C@H]1CN2CCC1CC2)c1cc2oc(I)cc2cn1. The molecule has 3 fully saturated rings. The first-order chi connectivity index (χ1) is 10.2. The molecule has 5 heterocycles. The van der Waals surface area contributed by atoms with Gasteiger partial charge in [0, 0.05) is 30.2 Å².